The highest BCUT2D eigenvalue weighted by molar-refractivity contribution is 5.85. The fraction of sp³-hybridized carbons (Fsp3) is 0.900. The molecule has 1 unspecified atom stereocenters. The third-order valence-corrected chi connectivity index (χ3v) is 3.33. The molecule has 0 aromatic heterocycles. The summed E-state index contributed by atoms with van der Waals surface area (Å²) in [6, 6.07) is -1.28. The topological polar surface area (TPSA) is 55.6 Å². The molecule has 1 heterocycles. The molecule has 0 spiro atoms. The van der Waals surface area contributed by atoms with Gasteiger partial charge >= 0.3 is 12.4 Å². The number of ether oxygens (including phenoxy) is 1. The Morgan fingerprint density at radius 2 is 1.76 bits per heavy atom. The largest absolute Gasteiger partial charge is 0.404 e. The van der Waals surface area contributed by atoms with E-state index >= 15 is 0 Å². The number of carbonyl (C=O) groups is 1. The lowest BCUT2D eigenvalue weighted by Gasteiger charge is -2.33. The van der Waals surface area contributed by atoms with Crippen LogP contribution in [0.5, 0.6) is 0 Å². The van der Waals surface area contributed by atoms with Gasteiger partial charge < -0.3 is 15.4 Å². The van der Waals surface area contributed by atoms with Gasteiger partial charge in [0.1, 0.15) is 6.04 Å². The third kappa shape index (κ3) is 3.72. The number of hydrogen-bond acceptors (Lipinski definition) is 3. The molecule has 0 aromatic carbocycles. The van der Waals surface area contributed by atoms with E-state index in [1.54, 1.807) is 0 Å². The summed E-state index contributed by atoms with van der Waals surface area (Å²) in [5.41, 5.74) is 1.45. The average Bonchev–Trinajstić information content (AvgIpc) is 2.72. The number of alkyl halides is 6. The van der Waals surface area contributed by atoms with Crippen LogP contribution < -0.4 is 5.73 Å². The number of carbonyl (C=O) groups excluding carboxylic acids is 1. The van der Waals surface area contributed by atoms with Crippen LogP contribution in [-0.4, -0.2) is 56.0 Å². The van der Waals surface area contributed by atoms with E-state index in [9.17, 15) is 31.1 Å². The first-order chi connectivity index (χ1) is 8.96. The van der Waals surface area contributed by atoms with Crippen molar-refractivity contribution in [1.82, 2.24) is 4.90 Å². The Labute approximate surface area is 123 Å². The molecule has 1 atom stereocenters. The summed E-state index contributed by atoms with van der Waals surface area (Å²) in [6.07, 6.45) is -12.2. The van der Waals surface area contributed by atoms with Crippen molar-refractivity contribution in [3.8, 4) is 0 Å². The number of rotatable bonds is 3. The van der Waals surface area contributed by atoms with Crippen LogP contribution in [0.15, 0.2) is 0 Å². The van der Waals surface area contributed by atoms with Gasteiger partial charge in [0.2, 0.25) is 5.91 Å². The van der Waals surface area contributed by atoms with E-state index in [4.69, 9.17) is 5.73 Å². The van der Waals surface area contributed by atoms with Gasteiger partial charge in [0.15, 0.2) is 5.41 Å². The monoisotopic (exact) mass is 344 g/mol. The van der Waals surface area contributed by atoms with E-state index in [1.165, 1.54) is 7.11 Å². The van der Waals surface area contributed by atoms with Crippen LogP contribution in [-0.2, 0) is 9.53 Å². The molecular formula is C10H15ClF6N2O2. The molecule has 1 aliphatic rings. The van der Waals surface area contributed by atoms with Gasteiger partial charge in [-0.05, 0) is 6.42 Å². The zero-order valence-electron chi connectivity index (χ0n) is 10.9. The molecule has 126 valence electrons. The summed E-state index contributed by atoms with van der Waals surface area (Å²) in [5, 5.41) is 0. The van der Waals surface area contributed by atoms with Crippen molar-refractivity contribution >= 4 is 18.3 Å². The summed E-state index contributed by atoms with van der Waals surface area (Å²) >= 11 is 0. The summed E-state index contributed by atoms with van der Waals surface area (Å²) in [7, 11) is 1.22. The zero-order chi connectivity index (χ0) is 15.8. The maximum Gasteiger partial charge on any atom is 0.404 e. The molecule has 21 heavy (non-hydrogen) atoms. The summed E-state index contributed by atoms with van der Waals surface area (Å²) in [6.45, 7) is -2.38. The van der Waals surface area contributed by atoms with E-state index in [1.807, 2.05) is 0 Å². The van der Waals surface area contributed by atoms with Crippen molar-refractivity contribution in [3.63, 3.8) is 0 Å². The maximum absolute atomic E-state index is 12.8. The normalized spacial score (nSPS) is 20.1. The highest BCUT2D eigenvalue weighted by Gasteiger charge is 2.72. The average molecular weight is 345 g/mol. The molecule has 0 saturated carbocycles. The van der Waals surface area contributed by atoms with Crippen LogP contribution in [0.2, 0.25) is 0 Å². The number of nitrogens with two attached hydrogens (primary N) is 1. The SMILES string of the molecule is COCC(N)C(=O)N1CCC(C(F)(F)F)(C(F)(F)F)C1.Cl. The highest BCUT2D eigenvalue weighted by atomic mass is 35.5. The Balaban J connectivity index is 0.00000400. The fourth-order valence-electron chi connectivity index (χ4n) is 2.11. The minimum absolute atomic E-state index is 0. The van der Waals surface area contributed by atoms with Crippen LogP contribution in [0, 0.1) is 5.41 Å². The Morgan fingerprint density at radius 1 is 1.29 bits per heavy atom. The molecule has 4 nitrogen and oxygen atoms in total. The molecule has 1 fully saturated rings. The van der Waals surface area contributed by atoms with Gasteiger partial charge in [0.05, 0.1) is 6.61 Å². The molecular weight excluding hydrogens is 330 g/mol. The number of likely N-dealkylation sites (tertiary alicyclic amines) is 1. The molecule has 1 aliphatic heterocycles. The van der Waals surface area contributed by atoms with Gasteiger partial charge in [-0.25, -0.2) is 0 Å². The predicted octanol–water partition coefficient (Wildman–Crippen LogP) is 1.73. The lowest BCUT2D eigenvalue weighted by Crippen LogP contribution is -2.53. The van der Waals surface area contributed by atoms with Crippen LogP contribution >= 0.6 is 12.4 Å². The van der Waals surface area contributed by atoms with Crippen molar-refractivity contribution in [2.75, 3.05) is 26.8 Å². The van der Waals surface area contributed by atoms with E-state index in [2.05, 4.69) is 4.74 Å². The summed E-state index contributed by atoms with van der Waals surface area (Å²) in [4.78, 5) is 12.2. The first-order valence-corrected chi connectivity index (χ1v) is 5.63. The molecule has 0 aliphatic carbocycles. The molecule has 11 heteroatoms. The lowest BCUT2D eigenvalue weighted by atomic mass is 9.85. The van der Waals surface area contributed by atoms with Crippen molar-refractivity contribution in [2.24, 2.45) is 11.1 Å². The molecule has 0 bridgehead atoms. The van der Waals surface area contributed by atoms with E-state index in [0.717, 1.165) is 0 Å². The molecule has 2 N–H and O–H groups in total. The van der Waals surface area contributed by atoms with Gasteiger partial charge in [0, 0.05) is 20.2 Å². The van der Waals surface area contributed by atoms with Crippen molar-refractivity contribution in [1.29, 1.82) is 0 Å². The van der Waals surface area contributed by atoms with E-state index in [0.29, 0.717) is 4.90 Å². The van der Waals surface area contributed by atoms with Crippen molar-refractivity contribution < 1.29 is 35.9 Å². The molecule has 1 rings (SSSR count). The highest BCUT2D eigenvalue weighted by Crippen LogP contribution is 2.55. The Morgan fingerprint density at radius 3 is 2.10 bits per heavy atom. The first kappa shape index (κ1) is 20.3. The second-order valence-electron chi connectivity index (χ2n) is 4.65. The number of methoxy groups -OCH3 is 1. The molecule has 1 amide bonds. The molecule has 0 aromatic rings. The zero-order valence-corrected chi connectivity index (χ0v) is 11.7. The standard InChI is InChI=1S/C10H14F6N2O2.ClH/c1-20-4-6(17)7(19)18-3-2-8(5-18,9(11,12)13)10(14,15)16;/h6H,2-5,17H2,1H3;1H. The van der Waals surface area contributed by atoms with E-state index < -0.39 is 49.2 Å². The number of amides is 1. The van der Waals surface area contributed by atoms with E-state index in [-0.39, 0.29) is 19.0 Å². The summed E-state index contributed by atoms with van der Waals surface area (Å²) < 4.78 is 81.3. The first-order valence-electron chi connectivity index (χ1n) is 5.63. The van der Waals surface area contributed by atoms with Gasteiger partial charge in [-0.1, -0.05) is 0 Å². The van der Waals surface area contributed by atoms with Crippen molar-refractivity contribution in [3.05, 3.63) is 0 Å². The quantitative estimate of drug-likeness (QED) is 0.793. The lowest BCUT2D eigenvalue weighted by molar-refractivity contribution is -0.334. The molecule has 1 saturated heterocycles. The smallest absolute Gasteiger partial charge is 0.383 e. The number of halogens is 7. The molecule has 0 radical (unpaired) electrons. The maximum atomic E-state index is 12.8. The Kier molecular flexibility index (Phi) is 6.34. The van der Waals surface area contributed by atoms with Crippen LogP contribution in [0.4, 0.5) is 26.3 Å². The van der Waals surface area contributed by atoms with Crippen molar-refractivity contribution in [2.45, 2.75) is 24.8 Å². The third-order valence-electron chi connectivity index (χ3n) is 3.33. The van der Waals surface area contributed by atoms with Gasteiger partial charge in [-0.3, -0.25) is 4.79 Å². The minimum Gasteiger partial charge on any atom is -0.383 e. The van der Waals surface area contributed by atoms with Gasteiger partial charge in [-0.15, -0.1) is 12.4 Å². The van der Waals surface area contributed by atoms with Crippen LogP contribution in [0.25, 0.3) is 0 Å². The Bertz CT molecular complexity index is 360. The van der Waals surface area contributed by atoms with Gasteiger partial charge in [0.25, 0.3) is 0 Å². The second-order valence-corrected chi connectivity index (χ2v) is 4.65. The number of nitrogens with zero attached hydrogens (tertiary/aromatic N) is 1. The fourth-order valence-corrected chi connectivity index (χ4v) is 2.11. The van der Waals surface area contributed by atoms with Crippen LogP contribution in [0.3, 0.4) is 0 Å². The minimum atomic E-state index is -5.48. The van der Waals surface area contributed by atoms with Crippen LogP contribution in [0.1, 0.15) is 6.42 Å². The predicted molar refractivity (Wildman–Crippen MR) is 62.8 cm³/mol. The second kappa shape index (κ2) is 6.57. The Hall–Kier alpha value is -0.740. The number of hydrogen-bond donors (Lipinski definition) is 1. The summed E-state index contributed by atoms with van der Waals surface area (Å²) in [5.74, 6) is -0.984. The van der Waals surface area contributed by atoms with Gasteiger partial charge in [-0.2, -0.15) is 26.3 Å².